The van der Waals surface area contributed by atoms with Crippen LogP contribution in [0.2, 0.25) is 0 Å². The molecule has 0 radical (unpaired) electrons. The standard InChI is InChI=1S/C24H18N2O5/c25-22(17-12-6-2-7-13-17)26-31-24(18-14-8-3-9-15-18)19(21(28)23(29)30-24)20(27)16-10-4-1-5-11-16/h1-15,27H,(H2,25,26)/t24-/m1/s1. The minimum atomic E-state index is -2.10. The quantitative estimate of drug-likeness (QED) is 0.126. The lowest BCUT2D eigenvalue weighted by atomic mass is 9.93. The predicted molar refractivity (Wildman–Crippen MR) is 113 cm³/mol. The Morgan fingerprint density at radius 1 is 0.839 bits per heavy atom. The van der Waals surface area contributed by atoms with E-state index >= 15 is 0 Å². The van der Waals surface area contributed by atoms with Gasteiger partial charge in [-0.1, -0.05) is 96.2 Å². The molecule has 1 fully saturated rings. The number of hydrogen-bond acceptors (Lipinski definition) is 6. The zero-order chi connectivity index (χ0) is 21.8. The van der Waals surface area contributed by atoms with E-state index < -0.39 is 23.3 Å². The molecule has 3 N–H and O–H groups in total. The number of aliphatic hydroxyl groups is 1. The van der Waals surface area contributed by atoms with Crippen LogP contribution in [0.15, 0.2) is 102 Å². The maximum atomic E-state index is 12.8. The molecule has 0 amide bonds. The number of amidine groups is 1. The fourth-order valence-corrected chi connectivity index (χ4v) is 3.24. The van der Waals surface area contributed by atoms with Crippen LogP contribution >= 0.6 is 0 Å². The largest absolute Gasteiger partial charge is 0.507 e. The first kappa shape index (κ1) is 19.9. The van der Waals surface area contributed by atoms with Gasteiger partial charge in [-0.2, -0.15) is 0 Å². The van der Waals surface area contributed by atoms with Crippen LogP contribution < -0.4 is 5.73 Å². The van der Waals surface area contributed by atoms with Gasteiger partial charge >= 0.3 is 11.8 Å². The average Bonchev–Trinajstić information content (AvgIpc) is 3.09. The van der Waals surface area contributed by atoms with E-state index in [1.165, 1.54) is 0 Å². The number of Topliss-reactive ketones (excluding diaryl/α,β-unsaturated/α-hetero) is 1. The van der Waals surface area contributed by atoms with E-state index in [-0.39, 0.29) is 17.0 Å². The van der Waals surface area contributed by atoms with Crippen molar-refractivity contribution in [2.45, 2.75) is 5.79 Å². The number of rotatable bonds is 5. The van der Waals surface area contributed by atoms with Crippen molar-refractivity contribution in [1.82, 2.24) is 0 Å². The van der Waals surface area contributed by atoms with Crippen LogP contribution in [0.5, 0.6) is 0 Å². The zero-order valence-corrected chi connectivity index (χ0v) is 16.3. The molecule has 1 aliphatic rings. The molecule has 1 saturated heterocycles. The Balaban J connectivity index is 1.90. The first-order chi connectivity index (χ1) is 15.0. The maximum absolute atomic E-state index is 12.8. The van der Waals surface area contributed by atoms with E-state index in [1.807, 2.05) is 6.07 Å². The van der Waals surface area contributed by atoms with Crippen LogP contribution in [0.4, 0.5) is 0 Å². The molecule has 154 valence electrons. The molecule has 31 heavy (non-hydrogen) atoms. The summed E-state index contributed by atoms with van der Waals surface area (Å²) in [6, 6.07) is 25.4. The Bertz CT molecular complexity index is 1170. The number of ketones is 1. The van der Waals surface area contributed by atoms with Crippen molar-refractivity contribution in [3.63, 3.8) is 0 Å². The van der Waals surface area contributed by atoms with Crippen molar-refractivity contribution in [2.24, 2.45) is 10.9 Å². The summed E-state index contributed by atoms with van der Waals surface area (Å²) in [5, 5.41) is 14.9. The van der Waals surface area contributed by atoms with E-state index in [2.05, 4.69) is 5.16 Å². The summed E-state index contributed by atoms with van der Waals surface area (Å²) < 4.78 is 5.40. The zero-order valence-electron chi connectivity index (χ0n) is 16.3. The van der Waals surface area contributed by atoms with Crippen LogP contribution in [0, 0.1) is 0 Å². The van der Waals surface area contributed by atoms with Crippen LogP contribution in [0.1, 0.15) is 16.7 Å². The third-order valence-electron chi connectivity index (χ3n) is 4.76. The number of nitrogens with two attached hydrogens (primary N) is 1. The molecule has 0 aliphatic carbocycles. The van der Waals surface area contributed by atoms with Crippen molar-refractivity contribution in [2.75, 3.05) is 0 Å². The lowest BCUT2D eigenvalue weighted by molar-refractivity contribution is -0.204. The monoisotopic (exact) mass is 414 g/mol. The molecule has 1 aliphatic heterocycles. The van der Waals surface area contributed by atoms with Gasteiger partial charge in [-0.25, -0.2) is 4.79 Å². The van der Waals surface area contributed by atoms with E-state index in [4.69, 9.17) is 15.3 Å². The minimum absolute atomic E-state index is 0.00450. The number of esters is 1. The Kier molecular flexibility index (Phi) is 5.24. The number of nitrogens with zero attached hydrogens (tertiary/aromatic N) is 1. The number of ether oxygens (including phenoxy) is 1. The molecule has 0 aromatic heterocycles. The van der Waals surface area contributed by atoms with E-state index in [9.17, 15) is 14.7 Å². The highest BCUT2D eigenvalue weighted by Gasteiger charge is 2.58. The molecule has 0 spiro atoms. The van der Waals surface area contributed by atoms with E-state index in [1.54, 1.807) is 84.9 Å². The van der Waals surface area contributed by atoms with Gasteiger partial charge in [-0.05, 0) is 0 Å². The van der Waals surface area contributed by atoms with Crippen molar-refractivity contribution >= 4 is 23.3 Å². The van der Waals surface area contributed by atoms with Crippen molar-refractivity contribution < 1.29 is 24.3 Å². The van der Waals surface area contributed by atoms with E-state index in [0.29, 0.717) is 11.1 Å². The Labute approximate surface area is 178 Å². The molecule has 3 aromatic rings. The number of hydrogen-bond donors (Lipinski definition) is 2. The fourth-order valence-electron chi connectivity index (χ4n) is 3.24. The molecule has 4 rings (SSSR count). The normalized spacial score (nSPS) is 20.3. The molecule has 0 unspecified atom stereocenters. The lowest BCUT2D eigenvalue weighted by Gasteiger charge is -2.26. The third kappa shape index (κ3) is 3.64. The Morgan fingerprint density at radius 2 is 1.35 bits per heavy atom. The molecule has 0 bridgehead atoms. The van der Waals surface area contributed by atoms with Crippen LogP contribution in [-0.4, -0.2) is 22.7 Å². The molecule has 1 atom stereocenters. The van der Waals surface area contributed by atoms with Gasteiger partial charge in [0.15, 0.2) is 5.84 Å². The second-order valence-electron chi connectivity index (χ2n) is 6.72. The fraction of sp³-hybridized carbons (Fsp3) is 0.0417. The summed E-state index contributed by atoms with van der Waals surface area (Å²) in [7, 11) is 0. The van der Waals surface area contributed by atoms with Gasteiger partial charge < -0.3 is 20.4 Å². The SMILES string of the molecule is N/C(=N/O[C@@]1(c2ccccc2)OC(=O)C(=O)C1=C(O)c1ccccc1)c1ccccc1. The van der Waals surface area contributed by atoms with Gasteiger partial charge in [-0.15, -0.1) is 0 Å². The molecule has 7 heteroatoms. The van der Waals surface area contributed by atoms with Crippen LogP contribution in [0.3, 0.4) is 0 Å². The Hall–Kier alpha value is -4.39. The molecule has 0 saturated carbocycles. The summed E-state index contributed by atoms with van der Waals surface area (Å²) >= 11 is 0. The number of cyclic esters (lactones) is 1. The second-order valence-corrected chi connectivity index (χ2v) is 6.72. The van der Waals surface area contributed by atoms with E-state index in [0.717, 1.165) is 0 Å². The van der Waals surface area contributed by atoms with Crippen LogP contribution in [-0.2, 0) is 25.0 Å². The highest BCUT2D eigenvalue weighted by Crippen LogP contribution is 2.44. The molecule has 1 heterocycles. The molecule has 7 nitrogen and oxygen atoms in total. The number of aliphatic hydroxyl groups excluding tert-OH is 1. The first-order valence-corrected chi connectivity index (χ1v) is 9.42. The van der Waals surface area contributed by atoms with Gasteiger partial charge in [0.25, 0.3) is 5.78 Å². The van der Waals surface area contributed by atoms with Gasteiger partial charge in [0.2, 0.25) is 0 Å². The Morgan fingerprint density at radius 3 is 1.94 bits per heavy atom. The lowest BCUT2D eigenvalue weighted by Crippen LogP contribution is -2.32. The van der Waals surface area contributed by atoms with Gasteiger partial charge in [-0.3, -0.25) is 4.79 Å². The average molecular weight is 414 g/mol. The summed E-state index contributed by atoms with van der Waals surface area (Å²) in [6.45, 7) is 0. The van der Waals surface area contributed by atoms with Gasteiger partial charge in [0, 0.05) is 16.7 Å². The number of oxime groups is 1. The van der Waals surface area contributed by atoms with Crippen molar-refractivity contribution in [3.8, 4) is 0 Å². The molecular weight excluding hydrogens is 396 g/mol. The highest BCUT2D eigenvalue weighted by molar-refractivity contribution is 6.44. The summed E-state index contributed by atoms with van der Waals surface area (Å²) in [6.07, 6.45) is 0. The topological polar surface area (TPSA) is 111 Å². The molecular formula is C24H18N2O5. The predicted octanol–water partition coefficient (Wildman–Crippen LogP) is 3.27. The maximum Gasteiger partial charge on any atom is 0.383 e. The minimum Gasteiger partial charge on any atom is -0.507 e. The summed E-state index contributed by atoms with van der Waals surface area (Å²) in [5.41, 5.74) is 6.83. The van der Waals surface area contributed by atoms with Gasteiger partial charge in [0.1, 0.15) is 11.3 Å². The number of benzene rings is 3. The summed E-state index contributed by atoms with van der Waals surface area (Å²) in [5.74, 6) is -4.75. The number of carbonyl (C=O) groups excluding carboxylic acids is 2. The summed E-state index contributed by atoms with van der Waals surface area (Å²) in [4.78, 5) is 30.8. The van der Waals surface area contributed by atoms with Crippen molar-refractivity contribution in [1.29, 1.82) is 0 Å². The van der Waals surface area contributed by atoms with Crippen molar-refractivity contribution in [3.05, 3.63) is 113 Å². The highest BCUT2D eigenvalue weighted by atomic mass is 16.8. The molecule has 3 aromatic carbocycles. The number of carbonyl (C=O) groups is 2. The third-order valence-corrected chi connectivity index (χ3v) is 4.76. The first-order valence-electron chi connectivity index (χ1n) is 9.42. The smallest absolute Gasteiger partial charge is 0.383 e. The van der Waals surface area contributed by atoms with Crippen LogP contribution in [0.25, 0.3) is 5.76 Å². The second kappa shape index (κ2) is 8.16. The van der Waals surface area contributed by atoms with Gasteiger partial charge in [0.05, 0.1) is 0 Å².